The van der Waals surface area contributed by atoms with Crippen molar-refractivity contribution >= 4 is 12.2 Å². The number of fused-ring (bicyclic) bond motifs is 3. The van der Waals surface area contributed by atoms with Gasteiger partial charge in [0, 0.05) is 11.5 Å². The topological polar surface area (TPSA) is 29.5 Å². The number of phenolic OH excluding ortho intramolecular Hbond substituents is 1. The second-order valence-corrected chi connectivity index (χ2v) is 8.53. The molecule has 1 aliphatic carbocycles. The molecule has 0 bridgehead atoms. The van der Waals surface area contributed by atoms with E-state index in [1.54, 1.807) is 0 Å². The van der Waals surface area contributed by atoms with Crippen molar-refractivity contribution in [2.75, 3.05) is 0 Å². The van der Waals surface area contributed by atoms with E-state index in [-0.39, 0.29) is 5.60 Å². The highest BCUT2D eigenvalue weighted by atomic mass is 16.5. The van der Waals surface area contributed by atoms with E-state index in [1.807, 2.05) is 30.3 Å². The fourth-order valence-corrected chi connectivity index (χ4v) is 4.83. The third kappa shape index (κ3) is 3.13. The molecule has 2 aromatic rings. The van der Waals surface area contributed by atoms with E-state index in [4.69, 9.17) is 4.74 Å². The molecule has 1 heterocycles. The number of benzene rings is 2. The van der Waals surface area contributed by atoms with Crippen LogP contribution in [-0.2, 0) is 0 Å². The molecule has 4 rings (SSSR count). The van der Waals surface area contributed by atoms with E-state index < -0.39 is 0 Å². The summed E-state index contributed by atoms with van der Waals surface area (Å²) in [4.78, 5) is 0. The van der Waals surface area contributed by atoms with Crippen LogP contribution in [0, 0.1) is 11.8 Å². The van der Waals surface area contributed by atoms with Crippen molar-refractivity contribution in [3.8, 4) is 11.5 Å². The highest BCUT2D eigenvalue weighted by molar-refractivity contribution is 5.72. The molecule has 2 heteroatoms. The van der Waals surface area contributed by atoms with Gasteiger partial charge in [0.25, 0.3) is 0 Å². The lowest BCUT2D eigenvalue weighted by Crippen LogP contribution is -2.46. The van der Waals surface area contributed by atoms with Crippen LogP contribution in [0.3, 0.4) is 0 Å². The minimum absolute atomic E-state index is 0.188. The Kier molecular flexibility index (Phi) is 4.30. The second kappa shape index (κ2) is 6.50. The van der Waals surface area contributed by atoms with Crippen molar-refractivity contribution in [3.05, 3.63) is 59.2 Å². The molecule has 0 radical (unpaired) electrons. The van der Waals surface area contributed by atoms with Crippen LogP contribution >= 0.6 is 0 Å². The molecule has 26 heavy (non-hydrogen) atoms. The summed E-state index contributed by atoms with van der Waals surface area (Å²) in [5.41, 5.74) is 2.96. The first-order chi connectivity index (χ1) is 12.4. The molecule has 1 N–H and O–H groups in total. The van der Waals surface area contributed by atoms with Crippen molar-refractivity contribution in [1.82, 2.24) is 0 Å². The Morgan fingerprint density at radius 2 is 1.77 bits per heavy atom. The first kappa shape index (κ1) is 17.2. The molecule has 0 saturated heterocycles. The van der Waals surface area contributed by atoms with E-state index >= 15 is 0 Å². The van der Waals surface area contributed by atoms with E-state index in [2.05, 4.69) is 45.0 Å². The molecule has 0 unspecified atom stereocenters. The second-order valence-electron chi connectivity index (χ2n) is 8.53. The summed E-state index contributed by atoms with van der Waals surface area (Å²) < 4.78 is 6.40. The van der Waals surface area contributed by atoms with Crippen molar-refractivity contribution in [2.45, 2.75) is 51.6 Å². The van der Waals surface area contributed by atoms with E-state index in [0.29, 0.717) is 23.5 Å². The third-order valence-electron chi connectivity index (χ3n) is 6.16. The lowest BCUT2D eigenvalue weighted by molar-refractivity contribution is -0.0145. The van der Waals surface area contributed by atoms with Crippen LogP contribution < -0.4 is 4.74 Å². The molecule has 1 fully saturated rings. The Balaban J connectivity index is 1.71. The van der Waals surface area contributed by atoms with E-state index in [9.17, 15) is 5.11 Å². The largest absolute Gasteiger partial charge is 0.507 e. The number of ether oxygens (including phenoxy) is 1. The Labute approximate surface area is 156 Å². The monoisotopic (exact) mass is 348 g/mol. The van der Waals surface area contributed by atoms with Gasteiger partial charge in [-0.15, -0.1) is 0 Å². The number of phenols is 1. The standard InChI is InChI=1S/C24H28O2/c1-16-9-12-20-19(13-16)23-21(25)14-18(15-22(23)26-24(20,2)3)11-10-17-7-5-4-6-8-17/h4-8,10-11,14-16,19-20,25H,9,12-13H2,1-3H3/b11-10+/t16-,19-,20-/m1/s1. The van der Waals surface area contributed by atoms with Gasteiger partial charge < -0.3 is 9.84 Å². The molecule has 1 saturated carbocycles. The fraction of sp³-hybridized carbons (Fsp3) is 0.417. The van der Waals surface area contributed by atoms with Gasteiger partial charge in [-0.25, -0.2) is 0 Å². The average Bonchev–Trinajstić information content (AvgIpc) is 2.59. The lowest BCUT2D eigenvalue weighted by atomic mass is 9.64. The van der Waals surface area contributed by atoms with Crippen LogP contribution in [0.25, 0.3) is 12.2 Å². The number of rotatable bonds is 2. The zero-order valence-electron chi connectivity index (χ0n) is 15.9. The number of hydrogen-bond donors (Lipinski definition) is 1. The predicted octanol–water partition coefficient (Wildman–Crippen LogP) is 6.25. The Morgan fingerprint density at radius 3 is 2.54 bits per heavy atom. The summed E-state index contributed by atoms with van der Waals surface area (Å²) in [6, 6.07) is 14.2. The molecule has 1 aliphatic heterocycles. The summed E-state index contributed by atoms with van der Waals surface area (Å²) >= 11 is 0. The molecule has 2 aromatic carbocycles. The number of aromatic hydroxyl groups is 1. The maximum Gasteiger partial charge on any atom is 0.127 e. The van der Waals surface area contributed by atoms with Crippen molar-refractivity contribution in [2.24, 2.45) is 11.8 Å². The molecular weight excluding hydrogens is 320 g/mol. The van der Waals surface area contributed by atoms with Crippen LogP contribution in [0.15, 0.2) is 42.5 Å². The highest BCUT2D eigenvalue weighted by Crippen LogP contribution is 2.55. The molecule has 136 valence electrons. The first-order valence-electron chi connectivity index (χ1n) is 9.73. The summed E-state index contributed by atoms with van der Waals surface area (Å²) in [5, 5.41) is 10.8. The zero-order valence-corrected chi connectivity index (χ0v) is 15.9. The highest BCUT2D eigenvalue weighted by Gasteiger charge is 2.46. The summed E-state index contributed by atoms with van der Waals surface area (Å²) in [7, 11) is 0. The van der Waals surface area contributed by atoms with Gasteiger partial charge in [-0.2, -0.15) is 0 Å². The fourth-order valence-electron chi connectivity index (χ4n) is 4.83. The van der Waals surface area contributed by atoms with Crippen molar-refractivity contribution < 1.29 is 9.84 Å². The van der Waals surface area contributed by atoms with Gasteiger partial charge in [0.05, 0.1) is 0 Å². The van der Waals surface area contributed by atoms with E-state index in [1.165, 1.54) is 12.8 Å². The van der Waals surface area contributed by atoms with Gasteiger partial charge in [0.2, 0.25) is 0 Å². The van der Waals surface area contributed by atoms with Crippen molar-refractivity contribution in [3.63, 3.8) is 0 Å². The maximum absolute atomic E-state index is 10.8. The summed E-state index contributed by atoms with van der Waals surface area (Å²) in [6.07, 6.45) is 7.68. The quantitative estimate of drug-likeness (QED) is 0.650. The Hall–Kier alpha value is -2.22. The van der Waals surface area contributed by atoms with Gasteiger partial charge >= 0.3 is 0 Å². The van der Waals surface area contributed by atoms with Crippen LogP contribution in [0.1, 0.15) is 62.6 Å². The third-order valence-corrected chi connectivity index (χ3v) is 6.16. The SMILES string of the molecule is C[C@@H]1CC[C@@H]2[C@@H](C1)c1c(O)cc(/C=C/c3ccccc3)cc1OC2(C)C. The van der Waals surface area contributed by atoms with Crippen LogP contribution in [0.2, 0.25) is 0 Å². The number of hydrogen-bond acceptors (Lipinski definition) is 2. The summed E-state index contributed by atoms with van der Waals surface area (Å²) in [6.45, 7) is 6.73. The van der Waals surface area contributed by atoms with Crippen molar-refractivity contribution in [1.29, 1.82) is 0 Å². The van der Waals surface area contributed by atoms with Gasteiger partial charge in [-0.1, -0.05) is 55.8 Å². The lowest BCUT2D eigenvalue weighted by Gasteiger charge is -2.48. The first-order valence-corrected chi connectivity index (χ1v) is 9.73. The maximum atomic E-state index is 10.8. The van der Waals surface area contributed by atoms with Crippen LogP contribution in [-0.4, -0.2) is 10.7 Å². The molecule has 3 atom stereocenters. The Morgan fingerprint density at radius 1 is 1.04 bits per heavy atom. The van der Waals surface area contributed by atoms with Crippen LogP contribution in [0.4, 0.5) is 0 Å². The molecule has 0 spiro atoms. The summed E-state index contributed by atoms with van der Waals surface area (Å²) in [5.74, 6) is 2.82. The smallest absolute Gasteiger partial charge is 0.127 e. The van der Waals surface area contributed by atoms with Gasteiger partial charge in [0.15, 0.2) is 0 Å². The molecule has 2 nitrogen and oxygen atoms in total. The van der Waals surface area contributed by atoms with Gasteiger partial charge in [-0.3, -0.25) is 0 Å². The average molecular weight is 348 g/mol. The minimum Gasteiger partial charge on any atom is -0.507 e. The Bertz CT molecular complexity index is 820. The van der Waals surface area contributed by atoms with Gasteiger partial charge in [-0.05, 0) is 61.8 Å². The molecular formula is C24H28O2. The normalized spacial score (nSPS) is 26.8. The molecule has 0 aromatic heterocycles. The minimum atomic E-state index is -0.188. The van der Waals surface area contributed by atoms with E-state index in [0.717, 1.165) is 28.9 Å². The molecule has 2 aliphatic rings. The zero-order chi connectivity index (χ0) is 18.3. The predicted molar refractivity (Wildman–Crippen MR) is 107 cm³/mol. The van der Waals surface area contributed by atoms with Crippen LogP contribution in [0.5, 0.6) is 11.5 Å². The van der Waals surface area contributed by atoms with Gasteiger partial charge in [0.1, 0.15) is 17.1 Å². The molecule has 0 amide bonds.